The minimum atomic E-state index is -4.70. The number of carboxylic acids is 1. The number of nitrogens with zero attached hydrogens (tertiary/aromatic N) is 5. The lowest BCUT2D eigenvalue weighted by Gasteiger charge is -2.44. The molecule has 2 fully saturated rings. The SMILES string of the molecule is C.CC1(O)CN(C(=O)c2ccc(-c3cc(C(F)(F)F)c4oc(CCC(=O)/C=C/c5ccc(N)nc5)cc4c3)nc2)C1.CC1(O)CNC1.Nc1ccc(/C=C/C(=O)CCc2cc3cc(-c4ccc(C(=O)O)cn4)cc(C(F)(F)F)c3o2)cn1. The summed E-state index contributed by atoms with van der Waals surface area (Å²) in [4.78, 5) is 65.6. The first kappa shape index (κ1) is 60.6. The van der Waals surface area contributed by atoms with Gasteiger partial charge in [-0.2, -0.15) is 26.3 Å². The third-order valence-electron chi connectivity index (χ3n) is 12.7. The molecule has 0 radical (unpaired) electrons. The third-order valence-corrected chi connectivity index (χ3v) is 12.7. The highest BCUT2D eigenvalue weighted by Gasteiger charge is 2.40. The number of aryl methyl sites for hydroxylation is 2. The van der Waals surface area contributed by atoms with Gasteiger partial charge < -0.3 is 45.8 Å². The number of likely N-dealkylation sites (tertiary alicyclic amines) is 1. The van der Waals surface area contributed by atoms with E-state index in [-0.39, 0.29) is 136 Å². The Kier molecular flexibility index (Phi) is 18.3. The number of benzene rings is 2. The Bertz CT molecular complexity index is 3650. The monoisotopic (exact) mass is 1130 g/mol. The van der Waals surface area contributed by atoms with Crippen LogP contribution < -0.4 is 16.8 Å². The van der Waals surface area contributed by atoms with Gasteiger partial charge in [0.25, 0.3) is 5.91 Å². The highest BCUT2D eigenvalue weighted by atomic mass is 19.4. The number of carbonyl (C=O) groups is 4. The number of carboxylic acid groups (broad SMARTS) is 1. The van der Waals surface area contributed by atoms with E-state index in [1.54, 1.807) is 43.3 Å². The molecule has 17 nitrogen and oxygen atoms in total. The zero-order valence-electron chi connectivity index (χ0n) is 43.3. The van der Waals surface area contributed by atoms with Crippen molar-refractivity contribution in [2.45, 2.75) is 70.5 Å². The Morgan fingerprint density at radius 1 is 0.622 bits per heavy atom. The van der Waals surface area contributed by atoms with E-state index in [0.717, 1.165) is 31.4 Å². The van der Waals surface area contributed by atoms with Crippen LogP contribution in [0.2, 0.25) is 0 Å². The highest BCUT2D eigenvalue weighted by Crippen LogP contribution is 2.41. The number of hydrogen-bond donors (Lipinski definition) is 6. The number of β-amino-alcohol motifs (C(OH)–C–C–N with tert-alkyl or cyclic N) is 2. The number of pyridine rings is 4. The number of hydrogen-bond acceptors (Lipinski definition) is 15. The van der Waals surface area contributed by atoms with Crippen molar-refractivity contribution < 1.29 is 69.7 Å². The van der Waals surface area contributed by atoms with Gasteiger partial charge >= 0.3 is 18.3 Å². The first-order chi connectivity index (χ1) is 38.2. The average Bonchev–Trinajstić information content (AvgIpc) is 4.03. The fourth-order valence-corrected chi connectivity index (χ4v) is 8.42. The molecule has 0 saturated carbocycles. The summed E-state index contributed by atoms with van der Waals surface area (Å²) < 4.78 is 94.2. The van der Waals surface area contributed by atoms with E-state index in [9.17, 15) is 50.6 Å². The van der Waals surface area contributed by atoms with Crippen molar-refractivity contribution in [1.82, 2.24) is 30.2 Å². The number of fused-ring (bicyclic) bond motifs is 2. The van der Waals surface area contributed by atoms with Crippen LogP contribution in [-0.2, 0) is 34.8 Å². The lowest BCUT2D eigenvalue weighted by molar-refractivity contribution is -0.137. The second-order valence-electron chi connectivity index (χ2n) is 19.9. The number of aromatic nitrogens is 4. The quantitative estimate of drug-likeness (QED) is 0.0436. The smallest absolute Gasteiger partial charge is 0.420 e. The number of amides is 1. The molecule has 8 heterocycles. The van der Waals surface area contributed by atoms with Crippen LogP contribution in [0.5, 0.6) is 0 Å². The number of rotatable bonds is 14. The Morgan fingerprint density at radius 2 is 1.05 bits per heavy atom. The molecule has 2 aliphatic heterocycles. The molecule has 0 bridgehead atoms. The van der Waals surface area contributed by atoms with Crippen molar-refractivity contribution in [1.29, 1.82) is 0 Å². The fourth-order valence-electron chi connectivity index (χ4n) is 8.42. The fraction of sp³-hybridized carbons (Fsp3) is 0.254. The summed E-state index contributed by atoms with van der Waals surface area (Å²) in [6.07, 6.45) is 2.21. The van der Waals surface area contributed by atoms with Crippen molar-refractivity contribution in [2.75, 3.05) is 37.6 Å². The van der Waals surface area contributed by atoms with Gasteiger partial charge in [0.2, 0.25) is 0 Å². The number of aromatic carboxylic acids is 1. The van der Waals surface area contributed by atoms with Gasteiger partial charge in [0.15, 0.2) is 11.6 Å². The molecule has 0 atom stereocenters. The Labute approximate surface area is 465 Å². The first-order valence-corrected chi connectivity index (χ1v) is 24.9. The third kappa shape index (κ3) is 15.6. The molecule has 23 heteroatoms. The number of anilines is 2. The van der Waals surface area contributed by atoms with Gasteiger partial charge in [-0.3, -0.25) is 24.4 Å². The zero-order valence-corrected chi connectivity index (χ0v) is 43.3. The van der Waals surface area contributed by atoms with Crippen molar-refractivity contribution >= 4 is 69.2 Å². The van der Waals surface area contributed by atoms with E-state index >= 15 is 0 Å². The number of furan rings is 2. The summed E-state index contributed by atoms with van der Waals surface area (Å²) in [7, 11) is 0. The standard InChI is InChI=1S/C29H25F3N4O4.C25H18F3N3O4.C4H9NO.CH4/c1-28(39)15-36(16-28)27(38)18-4-8-24(34-14-18)19-10-20-11-22(40-26(20)23(12-19)29(30,31)32)7-6-21(37)5-2-17-3-9-25(33)35-13-17;26-25(27,28)20-11-16(21-7-3-15(13-30-21)24(33)34)9-17-10-19(35-23(17)20)6-5-18(32)4-1-14-2-8-22(29)31-12-14;1-4(6)2-5-3-4;/h2-5,8-14,39H,6-7,15-16H2,1H3,(H2,33,35);1-4,7-13H,5-6H2,(H2,29,31)(H,33,34);5-6H,2-3H2,1H3;1H4/b5-2+;4-1+;;. The van der Waals surface area contributed by atoms with Gasteiger partial charge in [0.1, 0.15) is 34.3 Å². The molecule has 6 aromatic heterocycles. The maximum atomic E-state index is 14.0. The Morgan fingerprint density at radius 3 is 1.38 bits per heavy atom. The van der Waals surface area contributed by atoms with E-state index in [1.165, 1.54) is 84.2 Å². The number of halogens is 6. The zero-order chi connectivity index (χ0) is 58.4. The molecule has 1 amide bonds. The minimum absolute atomic E-state index is 0. The number of nitrogens with one attached hydrogen (secondary N) is 1. The van der Waals surface area contributed by atoms with Crippen LogP contribution in [0.3, 0.4) is 0 Å². The number of nitrogen functional groups attached to an aromatic ring is 2. The summed E-state index contributed by atoms with van der Waals surface area (Å²) in [6, 6.07) is 20.0. The number of aliphatic hydroxyl groups is 2. The van der Waals surface area contributed by atoms with E-state index in [1.807, 2.05) is 6.92 Å². The highest BCUT2D eigenvalue weighted by molar-refractivity contribution is 5.96. The van der Waals surface area contributed by atoms with Crippen LogP contribution >= 0.6 is 0 Å². The topological polar surface area (TPSA) is 274 Å². The number of allylic oxidation sites excluding steroid dienone is 2. The van der Waals surface area contributed by atoms with Crippen LogP contribution in [0, 0.1) is 0 Å². The molecule has 2 aliphatic rings. The maximum Gasteiger partial charge on any atom is 0.420 e. The van der Waals surface area contributed by atoms with Crippen molar-refractivity contribution in [3.63, 3.8) is 0 Å². The molecule has 82 heavy (non-hydrogen) atoms. The summed E-state index contributed by atoms with van der Waals surface area (Å²) in [6.45, 7) is 5.36. The van der Waals surface area contributed by atoms with Crippen LogP contribution in [0.4, 0.5) is 38.0 Å². The van der Waals surface area contributed by atoms with Crippen LogP contribution in [0.25, 0.3) is 56.6 Å². The van der Waals surface area contributed by atoms with Crippen molar-refractivity contribution in [3.05, 3.63) is 167 Å². The van der Waals surface area contributed by atoms with Crippen LogP contribution in [-0.4, -0.2) is 101 Å². The van der Waals surface area contributed by atoms with E-state index < -0.39 is 35.0 Å². The Hall–Kier alpha value is -9.06. The second kappa shape index (κ2) is 24.8. The van der Waals surface area contributed by atoms with Crippen molar-refractivity contribution in [2.24, 2.45) is 0 Å². The van der Waals surface area contributed by atoms with Crippen molar-refractivity contribution in [3.8, 4) is 22.5 Å². The van der Waals surface area contributed by atoms with Crippen LogP contribution in [0.15, 0.2) is 131 Å². The largest absolute Gasteiger partial charge is 0.478 e. The molecule has 2 aromatic carbocycles. The van der Waals surface area contributed by atoms with E-state index in [2.05, 4.69) is 25.3 Å². The van der Waals surface area contributed by atoms with Gasteiger partial charge in [-0.25, -0.2) is 14.8 Å². The molecule has 428 valence electrons. The van der Waals surface area contributed by atoms with Gasteiger partial charge in [-0.1, -0.05) is 7.43 Å². The van der Waals surface area contributed by atoms with Gasteiger partial charge in [0.05, 0.1) is 57.9 Å². The predicted molar refractivity (Wildman–Crippen MR) is 295 cm³/mol. The second-order valence-corrected chi connectivity index (χ2v) is 19.9. The molecule has 8 N–H and O–H groups in total. The van der Waals surface area contributed by atoms with Crippen LogP contribution in [0.1, 0.15) is 88.6 Å². The number of carbonyl (C=O) groups excluding carboxylic acids is 3. The summed E-state index contributed by atoms with van der Waals surface area (Å²) in [5.41, 5.74) is 9.50. The molecular weight excluding hydrogens is 1080 g/mol. The molecule has 2 saturated heterocycles. The minimum Gasteiger partial charge on any atom is -0.478 e. The average molecular weight is 1140 g/mol. The van der Waals surface area contributed by atoms with E-state index in [0.29, 0.717) is 22.8 Å². The number of nitrogens with two attached hydrogens (primary N) is 2. The molecule has 8 aromatic rings. The van der Waals surface area contributed by atoms with Gasteiger partial charge in [-0.15, -0.1) is 0 Å². The van der Waals surface area contributed by atoms with E-state index in [4.69, 9.17) is 30.5 Å². The van der Waals surface area contributed by atoms with Gasteiger partial charge in [0, 0.05) is 85.5 Å². The summed E-state index contributed by atoms with van der Waals surface area (Å²) in [5, 5.41) is 31.1. The number of alkyl halides is 6. The van der Waals surface area contributed by atoms with Gasteiger partial charge in [-0.05, 0) is 134 Å². The lowest BCUT2D eigenvalue weighted by atomic mass is 9.96. The molecule has 0 spiro atoms. The molecular formula is C59H56F6N8O9. The first-order valence-electron chi connectivity index (χ1n) is 24.9. The number of ketones is 2. The lowest BCUT2D eigenvalue weighted by Crippen LogP contribution is -2.61. The maximum absolute atomic E-state index is 14.0. The summed E-state index contributed by atoms with van der Waals surface area (Å²) in [5.74, 6) is -0.781. The summed E-state index contributed by atoms with van der Waals surface area (Å²) >= 11 is 0. The molecule has 0 aliphatic carbocycles. The Balaban J connectivity index is 0.000000213. The molecule has 10 rings (SSSR count). The molecule has 0 unspecified atom stereocenters. The normalized spacial score (nSPS) is 14.5. The predicted octanol–water partition coefficient (Wildman–Crippen LogP) is 10.3.